The van der Waals surface area contributed by atoms with Gasteiger partial charge in [0.05, 0.1) is 0 Å². The second-order valence-corrected chi connectivity index (χ2v) is 6.88. The Morgan fingerprint density at radius 2 is 1.76 bits per heavy atom. The molecule has 0 aliphatic carbocycles. The Bertz CT molecular complexity index is 1170. The van der Waals surface area contributed by atoms with Gasteiger partial charge in [0, 0.05) is 30.9 Å². The number of fused-ring (bicyclic) bond motifs is 1. The lowest BCUT2D eigenvalue weighted by molar-refractivity contribution is -0.192. The molecule has 0 unspecified atom stereocenters. The van der Waals surface area contributed by atoms with Gasteiger partial charge in [-0.3, -0.25) is 4.79 Å². The van der Waals surface area contributed by atoms with E-state index in [9.17, 15) is 31.1 Å². The fraction of sp³-hybridized carbons (Fsp3) is 0.278. The number of aliphatic carboxylic acids is 1. The molecule has 0 radical (unpaired) electrons. The molecule has 16 heteroatoms. The first kappa shape index (κ1) is 26.8. The molecule has 0 spiro atoms. The van der Waals surface area contributed by atoms with E-state index in [4.69, 9.17) is 27.2 Å². The van der Waals surface area contributed by atoms with Gasteiger partial charge in [0.15, 0.2) is 0 Å². The van der Waals surface area contributed by atoms with E-state index in [0.717, 1.165) is 22.3 Å². The number of rotatable bonds is 5. The largest absolute Gasteiger partial charge is 0.490 e. The van der Waals surface area contributed by atoms with Crippen molar-refractivity contribution in [2.24, 2.45) is 5.73 Å². The molecule has 2 aromatic heterocycles. The highest BCUT2D eigenvalue weighted by atomic mass is 35.5. The van der Waals surface area contributed by atoms with Crippen LogP contribution >= 0.6 is 11.6 Å². The van der Waals surface area contributed by atoms with Crippen LogP contribution in [0.25, 0.3) is 5.78 Å². The molecule has 9 nitrogen and oxygen atoms in total. The lowest BCUT2D eigenvalue weighted by atomic mass is 10.2. The second kappa shape index (κ2) is 10.6. The first-order valence-electron chi connectivity index (χ1n) is 9.07. The van der Waals surface area contributed by atoms with Crippen LogP contribution < -0.4 is 5.73 Å². The smallest absolute Gasteiger partial charge is 0.475 e. The summed E-state index contributed by atoms with van der Waals surface area (Å²) in [6.07, 6.45) is -8.64. The van der Waals surface area contributed by atoms with E-state index >= 15 is 0 Å². The molecule has 0 saturated heterocycles. The molecule has 0 fully saturated rings. The Hall–Kier alpha value is -3.46. The minimum atomic E-state index is -5.08. The number of carboxylic acids is 1. The number of carboxylic acid groups (broad SMARTS) is 1. The van der Waals surface area contributed by atoms with Crippen molar-refractivity contribution < 1.29 is 41.0 Å². The molecule has 184 valence electrons. The van der Waals surface area contributed by atoms with E-state index in [0.29, 0.717) is 5.02 Å². The van der Waals surface area contributed by atoms with Crippen molar-refractivity contribution >= 4 is 29.3 Å². The fourth-order valence-corrected chi connectivity index (χ4v) is 2.64. The van der Waals surface area contributed by atoms with E-state index in [1.807, 2.05) is 0 Å². The third kappa shape index (κ3) is 7.28. The molecule has 3 aromatic rings. The minimum Gasteiger partial charge on any atom is -0.475 e. The van der Waals surface area contributed by atoms with Gasteiger partial charge in [-0.25, -0.2) is 14.3 Å². The topological polar surface area (TPSA) is 127 Å². The van der Waals surface area contributed by atoms with Crippen LogP contribution in [0.2, 0.25) is 5.02 Å². The molecule has 34 heavy (non-hydrogen) atoms. The summed E-state index contributed by atoms with van der Waals surface area (Å²) in [5.74, 6) is -3.91. The maximum absolute atomic E-state index is 12.8. The van der Waals surface area contributed by atoms with E-state index in [2.05, 4.69) is 15.1 Å². The van der Waals surface area contributed by atoms with Gasteiger partial charge in [0.2, 0.25) is 5.82 Å². The number of benzene rings is 1. The van der Waals surface area contributed by atoms with E-state index < -0.39 is 29.9 Å². The highest BCUT2D eigenvalue weighted by Gasteiger charge is 2.38. The fourth-order valence-electron chi connectivity index (χ4n) is 2.43. The van der Waals surface area contributed by atoms with Crippen molar-refractivity contribution in [2.45, 2.75) is 18.9 Å². The lowest BCUT2D eigenvalue weighted by Gasteiger charge is -2.20. The summed E-state index contributed by atoms with van der Waals surface area (Å²) < 4.78 is 71.0. The number of halogens is 7. The second-order valence-electron chi connectivity index (χ2n) is 6.44. The van der Waals surface area contributed by atoms with Crippen LogP contribution in [0.3, 0.4) is 0 Å². The average molecular weight is 513 g/mol. The van der Waals surface area contributed by atoms with E-state index in [-0.39, 0.29) is 31.2 Å². The van der Waals surface area contributed by atoms with Crippen molar-refractivity contribution in [2.75, 3.05) is 13.1 Å². The summed E-state index contributed by atoms with van der Waals surface area (Å²) in [4.78, 5) is 30.2. The number of hydrogen-bond acceptors (Lipinski definition) is 6. The molecule has 0 aliphatic heterocycles. The molecule has 1 amide bonds. The Balaban J connectivity index is 0.000000509. The zero-order chi connectivity index (χ0) is 25.7. The van der Waals surface area contributed by atoms with Gasteiger partial charge < -0.3 is 15.7 Å². The number of nitrogens with two attached hydrogens (primary N) is 1. The monoisotopic (exact) mass is 512 g/mol. The van der Waals surface area contributed by atoms with Gasteiger partial charge >= 0.3 is 18.3 Å². The molecular weight excluding hydrogens is 498 g/mol. The normalized spacial score (nSPS) is 11.6. The number of nitrogens with zero attached hydrogens (tertiary/aromatic N) is 5. The van der Waals surface area contributed by atoms with Crippen LogP contribution in [0.15, 0.2) is 36.5 Å². The summed E-state index contributed by atoms with van der Waals surface area (Å²) in [6.45, 7) is 0.603. The maximum Gasteiger partial charge on any atom is 0.490 e. The highest BCUT2D eigenvalue weighted by Crippen LogP contribution is 2.27. The van der Waals surface area contributed by atoms with E-state index in [1.165, 1.54) is 4.90 Å². The third-order valence-corrected chi connectivity index (χ3v) is 4.12. The Kier molecular flexibility index (Phi) is 8.39. The molecular formula is C18H15ClF6N6O3. The number of alkyl halides is 6. The van der Waals surface area contributed by atoms with Gasteiger partial charge in [0.1, 0.15) is 5.69 Å². The molecule has 0 bridgehead atoms. The minimum absolute atomic E-state index is 0.191. The van der Waals surface area contributed by atoms with Crippen molar-refractivity contribution in [1.82, 2.24) is 24.5 Å². The first-order chi connectivity index (χ1) is 15.7. The molecule has 0 saturated carbocycles. The standard InChI is InChI=1S/C16H14ClF3N6O.C2HF3O2/c17-11-3-1-2-10(8-11)9-25(7-5-21)14(27)13-23-15-22-12(16(18,19)20)4-6-26(15)24-13;3-2(4,5)1(6)7/h1-4,6,8H,5,7,9,21H2;(H,6,7). The molecule has 3 N–H and O–H groups in total. The Morgan fingerprint density at radius 3 is 2.29 bits per heavy atom. The third-order valence-electron chi connectivity index (χ3n) is 3.88. The summed E-state index contributed by atoms with van der Waals surface area (Å²) in [5.41, 5.74) is 5.23. The van der Waals surface area contributed by atoms with Gasteiger partial charge in [-0.15, -0.1) is 5.10 Å². The number of carbonyl (C=O) groups is 2. The molecule has 3 rings (SSSR count). The van der Waals surface area contributed by atoms with Crippen molar-refractivity contribution in [3.63, 3.8) is 0 Å². The average Bonchev–Trinajstić information content (AvgIpc) is 3.15. The highest BCUT2D eigenvalue weighted by molar-refractivity contribution is 6.30. The van der Waals surface area contributed by atoms with Crippen molar-refractivity contribution in [3.8, 4) is 0 Å². The lowest BCUT2D eigenvalue weighted by Crippen LogP contribution is -2.35. The van der Waals surface area contributed by atoms with Crippen LogP contribution in [0.4, 0.5) is 26.3 Å². The quantitative estimate of drug-likeness (QED) is 0.503. The van der Waals surface area contributed by atoms with Crippen LogP contribution in [-0.2, 0) is 17.5 Å². The van der Waals surface area contributed by atoms with Gasteiger partial charge in [-0.1, -0.05) is 23.7 Å². The summed E-state index contributed by atoms with van der Waals surface area (Å²) in [7, 11) is 0. The first-order valence-corrected chi connectivity index (χ1v) is 9.44. The predicted molar refractivity (Wildman–Crippen MR) is 105 cm³/mol. The number of aromatic nitrogens is 4. The molecule has 0 atom stereocenters. The number of hydrogen-bond donors (Lipinski definition) is 2. The summed E-state index contributed by atoms with van der Waals surface area (Å²) >= 11 is 5.95. The van der Waals surface area contributed by atoms with Crippen LogP contribution in [0.1, 0.15) is 21.9 Å². The predicted octanol–water partition coefficient (Wildman–Crippen LogP) is 3.03. The number of amides is 1. The molecule has 1 aromatic carbocycles. The SMILES string of the molecule is NCCN(Cc1cccc(Cl)c1)C(=O)c1nc2nc(C(F)(F)F)ccn2n1.O=C(O)C(F)(F)F. The van der Waals surface area contributed by atoms with Gasteiger partial charge in [0.25, 0.3) is 11.7 Å². The van der Waals surface area contributed by atoms with Crippen molar-refractivity contribution in [3.05, 3.63) is 58.6 Å². The number of carbonyl (C=O) groups excluding carboxylic acids is 1. The van der Waals surface area contributed by atoms with Crippen molar-refractivity contribution in [1.29, 1.82) is 0 Å². The summed E-state index contributed by atoms with van der Waals surface area (Å²) in [6, 6.07) is 7.70. The zero-order valence-corrected chi connectivity index (χ0v) is 17.6. The zero-order valence-electron chi connectivity index (χ0n) is 16.8. The summed E-state index contributed by atoms with van der Waals surface area (Å²) in [5, 5.41) is 11.6. The van der Waals surface area contributed by atoms with Crippen LogP contribution in [0, 0.1) is 0 Å². The Morgan fingerprint density at radius 1 is 1.12 bits per heavy atom. The van der Waals surface area contributed by atoms with Crippen LogP contribution in [-0.4, -0.2) is 60.7 Å². The molecule has 2 heterocycles. The van der Waals surface area contributed by atoms with Gasteiger partial charge in [-0.2, -0.15) is 31.3 Å². The van der Waals surface area contributed by atoms with Crippen LogP contribution in [0.5, 0.6) is 0 Å². The maximum atomic E-state index is 12.8. The van der Waals surface area contributed by atoms with Gasteiger partial charge in [-0.05, 0) is 23.8 Å². The molecule has 0 aliphatic rings. The van der Waals surface area contributed by atoms with E-state index in [1.54, 1.807) is 24.3 Å². The Labute approximate surface area is 191 Å².